The Morgan fingerprint density at radius 2 is 1.95 bits per heavy atom. The Labute approximate surface area is 114 Å². The summed E-state index contributed by atoms with van der Waals surface area (Å²) < 4.78 is 10.9. The maximum atomic E-state index is 9.39. The molecule has 0 fully saturated rings. The molecule has 0 saturated carbocycles. The molecule has 3 nitrogen and oxygen atoms in total. The van der Waals surface area contributed by atoms with E-state index in [-0.39, 0.29) is 12.5 Å². The van der Waals surface area contributed by atoms with Crippen molar-refractivity contribution in [3.8, 4) is 11.5 Å². The molecule has 0 radical (unpaired) electrons. The number of hydrogen-bond donors (Lipinski definition) is 1. The number of rotatable bonds is 4. The second-order valence-corrected chi connectivity index (χ2v) is 5.13. The fourth-order valence-electron chi connectivity index (χ4n) is 2.88. The molecule has 1 aromatic carbocycles. The normalized spacial score (nSPS) is 18.9. The molecule has 0 aromatic heterocycles. The van der Waals surface area contributed by atoms with Gasteiger partial charge in [-0.05, 0) is 50.0 Å². The molecule has 0 saturated heterocycles. The highest BCUT2D eigenvalue weighted by Gasteiger charge is 2.25. The van der Waals surface area contributed by atoms with Crippen molar-refractivity contribution in [2.75, 3.05) is 20.8 Å². The second-order valence-electron chi connectivity index (χ2n) is 5.13. The van der Waals surface area contributed by atoms with Crippen molar-refractivity contribution in [2.45, 2.75) is 26.7 Å². The molecule has 0 amide bonds. The fraction of sp³-hybridized carbons (Fsp3) is 0.500. The number of aliphatic hydroxyl groups excluding tert-OH is 1. The van der Waals surface area contributed by atoms with E-state index in [4.69, 9.17) is 9.47 Å². The number of aliphatic hydroxyl groups is 1. The van der Waals surface area contributed by atoms with E-state index in [0.29, 0.717) is 0 Å². The van der Waals surface area contributed by atoms with Crippen molar-refractivity contribution in [2.24, 2.45) is 5.92 Å². The summed E-state index contributed by atoms with van der Waals surface area (Å²) in [6.45, 7) is 4.39. The van der Waals surface area contributed by atoms with Crippen LogP contribution in [0.4, 0.5) is 0 Å². The Balaban J connectivity index is 2.56. The summed E-state index contributed by atoms with van der Waals surface area (Å²) in [6, 6.07) is 4.12. The van der Waals surface area contributed by atoms with Gasteiger partial charge in [-0.15, -0.1) is 0 Å². The fourth-order valence-corrected chi connectivity index (χ4v) is 2.88. The smallest absolute Gasteiger partial charge is 0.168 e. The summed E-state index contributed by atoms with van der Waals surface area (Å²) in [5.74, 6) is 1.84. The standard InChI is InChI=1S/C16H22O3/c1-10-7-14(16(19-4)15(8-10)18-3)13-6-5-12(9-17)11(13)2/h7-8,12,17H,5-6,9H2,1-4H3. The first-order valence-electron chi connectivity index (χ1n) is 6.65. The molecule has 19 heavy (non-hydrogen) atoms. The van der Waals surface area contributed by atoms with Crippen molar-refractivity contribution in [3.63, 3.8) is 0 Å². The Morgan fingerprint density at radius 1 is 1.21 bits per heavy atom. The van der Waals surface area contributed by atoms with Crippen LogP contribution in [0.5, 0.6) is 11.5 Å². The lowest BCUT2D eigenvalue weighted by Gasteiger charge is -2.16. The van der Waals surface area contributed by atoms with E-state index in [1.54, 1.807) is 14.2 Å². The number of hydrogen-bond acceptors (Lipinski definition) is 3. The van der Waals surface area contributed by atoms with Gasteiger partial charge in [-0.2, -0.15) is 0 Å². The minimum absolute atomic E-state index is 0.223. The van der Waals surface area contributed by atoms with Crippen LogP contribution in [-0.4, -0.2) is 25.9 Å². The van der Waals surface area contributed by atoms with Crippen LogP contribution in [0, 0.1) is 12.8 Å². The van der Waals surface area contributed by atoms with Crippen molar-refractivity contribution >= 4 is 5.57 Å². The van der Waals surface area contributed by atoms with Crippen LogP contribution in [0.25, 0.3) is 5.57 Å². The predicted molar refractivity (Wildman–Crippen MR) is 76.7 cm³/mol. The molecule has 0 spiro atoms. The molecule has 1 atom stereocenters. The summed E-state index contributed by atoms with van der Waals surface area (Å²) >= 11 is 0. The van der Waals surface area contributed by atoms with Gasteiger partial charge in [-0.1, -0.05) is 5.57 Å². The first-order chi connectivity index (χ1) is 9.12. The van der Waals surface area contributed by atoms with E-state index in [0.717, 1.165) is 35.5 Å². The molecule has 1 N–H and O–H groups in total. The molecule has 1 aliphatic rings. The van der Waals surface area contributed by atoms with Crippen LogP contribution in [-0.2, 0) is 0 Å². The van der Waals surface area contributed by atoms with Gasteiger partial charge >= 0.3 is 0 Å². The molecule has 1 aromatic rings. The zero-order valence-corrected chi connectivity index (χ0v) is 12.1. The minimum atomic E-state index is 0.223. The Morgan fingerprint density at radius 3 is 2.47 bits per heavy atom. The molecule has 0 aliphatic heterocycles. The maximum absolute atomic E-state index is 9.39. The highest BCUT2D eigenvalue weighted by atomic mass is 16.5. The van der Waals surface area contributed by atoms with E-state index >= 15 is 0 Å². The van der Waals surface area contributed by atoms with Crippen molar-refractivity contribution in [1.29, 1.82) is 0 Å². The third kappa shape index (κ3) is 2.47. The molecule has 0 bridgehead atoms. The van der Waals surface area contributed by atoms with Crippen molar-refractivity contribution in [3.05, 3.63) is 28.8 Å². The molecule has 0 heterocycles. The monoisotopic (exact) mass is 262 g/mol. The Bertz CT molecular complexity index is 503. The van der Waals surface area contributed by atoms with Gasteiger partial charge in [-0.25, -0.2) is 0 Å². The van der Waals surface area contributed by atoms with Gasteiger partial charge in [0.05, 0.1) is 14.2 Å². The lowest BCUT2D eigenvalue weighted by Crippen LogP contribution is -2.02. The van der Waals surface area contributed by atoms with Gasteiger partial charge in [0.25, 0.3) is 0 Å². The minimum Gasteiger partial charge on any atom is -0.493 e. The summed E-state index contributed by atoms with van der Waals surface area (Å²) in [7, 11) is 3.33. The van der Waals surface area contributed by atoms with E-state index in [9.17, 15) is 5.11 Å². The average molecular weight is 262 g/mol. The van der Waals surface area contributed by atoms with Gasteiger partial charge in [0, 0.05) is 18.1 Å². The van der Waals surface area contributed by atoms with Gasteiger partial charge in [0.15, 0.2) is 11.5 Å². The quantitative estimate of drug-likeness (QED) is 0.905. The van der Waals surface area contributed by atoms with E-state index in [2.05, 4.69) is 19.9 Å². The predicted octanol–water partition coefficient (Wildman–Crippen LogP) is 3.19. The lowest BCUT2D eigenvalue weighted by molar-refractivity contribution is 0.246. The topological polar surface area (TPSA) is 38.7 Å². The highest BCUT2D eigenvalue weighted by Crippen LogP contribution is 2.44. The molecular weight excluding hydrogens is 240 g/mol. The van der Waals surface area contributed by atoms with Crippen LogP contribution in [0.3, 0.4) is 0 Å². The molecule has 1 unspecified atom stereocenters. The molecule has 2 rings (SSSR count). The van der Waals surface area contributed by atoms with E-state index in [1.807, 2.05) is 6.07 Å². The second kappa shape index (κ2) is 5.66. The molecular formula is C16H22O3. The highest BCUT2D eigenvalue weighted by molar-refractivity contribution is 5.77. The number of ether oxygens (including phenoxy) is 2. The van der Waals surface area contributed by atoms with Crippen LogP contribution < -0.4 is 9.47 Å². The average Bonchev–Trinajstić information content (AvgIpc) is 2.78. The van der Waals surface area contributed by atoms with Crippen LogP contribution in [0.1, 0.15) is 30.9 Å². The molecule has 1 aliphatic carbocycles. The Kier molecular flexibility index (Phi) is 4.15. The van der Waals surface area contributed by atoms with Gasteiger partial charge in [-0.3, -0.25) is 0 Å². The van der Waals surface area contributed by atoms with Crippen LogP contribution in [0.2, 0.25) is 0 Å². The van der Waals surface area contributed by atoms with Crippen molar-refractivity contribution in [1.82, 2.24) is 0 Å². The number of allylic oxidation sites excluding steroid dienone is 1. The molecule has 3 heteroatoms. The Hall–Kier alpha value is -1.48. The molecule has 104 valence electrons. The third-order valence-corrected chi connectivity index (χ3v) is 4.00. The SMILES string of the molecule is COc1cc(C)cc(C2=C(C)C(CO)CC2)c1OC. The van der Waals surface area contributed by atoms with Gasteiger partial charge in [0.2, 0.25) is 0 Å². The summed E-state index contributed by atoms with van der Waals surface area (Å²) in [5, 5.41) is 9.39. The number of benzene rings is 1. The van der Waals surface area contributed by atoms with Gasteiger partial charge < -0.3 is 14.6 Å². The lowest BCUT2D eigenvalue weighted by atomic mass is 9.97. The summed E-state index contributed by atoms with van der Waals surface area (Å²) in [6.07, 6.45) is 2.00. The number of aryl methyl sites for hydroxylation is 1. The summed E-state index contributed by atoms with van der Waals surface area (Å²) in [4.78, 5) is 0. The third-order valence-electron chi connectivity index (χ3n) is 4.00. The van der Waals surface area contributed by atoms with Gasteiger partial charge in [0.1, 0.15) is 0 Å². The van der Waals surface area contributed by atoms with Crippen LogP contribution >= 0.6 is 0 Å². The largest absolute Gasteiger partial charge is 0.493 e. The number of methoxy groups -OCH3 is 2. The first-order valence-corrected chi connectivity index (χ1v) is 6.65. The van der Waals surface area contributed by atoms with E-state index < -0.39 is 0 Å². The van der Waals surface area contributed by atoms with Crippen LogP contribution in [0.15, 0.2) is 17.7 Å². The zero-order chi connectivity index (χ0) is 14.0. The van der Waals surface area contributed by atoms with E-state index in [1.165, 1.54) is 11.1 Å². The van der Waals surface area contributed by atoms with Crippen molar-refractivity contribution < 1.29 is 14.6 Å². The maximum Gasteiger partial charge on any atom is 0.168 e. The first kappa shape index (κ1) is 13.9. The zero-order valence-electron chi connectivity index (χ0n) is 12.1. The summed E-state index contributed by atoms with van der Waals surface area (Å²) in [5.41, 5.74) is 4.82.